The number of fused-ring (bicyclic) bond motifs is 1. The van der Waals surface area contributed by atoms with E-state index >= 15 is 0 Å². The van der Waals surface area contributed by atoms with Gasteiger partial charge >= 0.3 is 0 Å². The molecular formula is C18H18N2. The molecule has 3 aromatic rings. The summed E-state index contributed by atoms with van der Waals surface area (Å²) in [4.78, 5) is 4.34. The molecule has 2 nitrogen and oxygen atoms in total. The van der Waals surface area contributed by atoms with Gasteiger partial charge in [0, 0.05) is 11.6 Å². The molecular weight excluding hydrogens is 244 g/mol. The number of hydrogen-bond donors (Lipinski definition) is 1. The molecule has 2 N–H and O–H groups in total. The summed E-state index contributed by atoms with van der Waals surface area (Å²) in [6.45, 7) is 2.16. The highest BCUT2D eigenvalue weighted by Crippen LogP contribution is 2.23. The monoisotopic (exact) mass is 262 g/mol. The van der Waals surface area contributed by atoms with Crippen LogP contribution in [0.1, 0.15) is 29.7 Å². The quantitative estimate of drug-likeness (QED) is 0.778. The third-order valence-electron chi connectivity index (χ3n) is 3.70. The zero-order chi connectivity index (χ0) is 13.9. The van der Waals surface area contributed by atoms with Crippen molar-refractivity contribution in [2.45, 2.75) is 19.4 Å². The summed E-state index contributed by atoms with van der Waals surface area (Å²) in [5.74, 6) is 0. The lowest BCUT2D eigenvalue weighted by molar-refractivity contribution is 0.869. The lowest BCUT2D eigenvalue weighted by Crippen LogP contribution is -2.12. The second-order valence-electron chi connectivity index (χ2n) is 5.03. The van der Waals surface area contributed by atoms with Crippen molar-refractivity contribution in [3.8, 4) is 0 Å². The van der Waals surface area contributed by atoms with Crippen molar-refractivity contribution in [2.24, 2.45) is 5.73 Å². The van der Waals surface area contributed by atoms with Crippen molar-refractivity contribution in [3.63, 3.8) is 0 Å². The van der Waals surface area contributed by atoms with Gasteiger partial charge in [-0.05, 0) is 41.3 Å². The Morgan fingerprint density at radius 2 is 1.85 bits per heavy atom. The van der Waals surface area contributed by atoms with E-state index in [-0.39, 0.29) is 6.04 Å². The van der Waals surface area contributed by atoms with Gasteiger partial charge < -0.3 is 5.73 Å². The van der Waals surface area contributed by atoms with E-state index in [0.717, 1.165) is 28.5 Å². The molecule has 0 aliphatic rings. The molecule has 1 unspecified atom stereocenters. The molecule has 0 fully saturated rings. The maximum atomic E-state index is 6.41. The summed E-state index contributed by atoms with van der Waals surface area (Å²) in [5.41, 5.74) is 11.0. The molecule has 100 valence electrons. The number of rotatable bonds is 3. The van der Waals surface area contributed by atoms with Crippen LogP contribution >= 0.6 is 0 Å². The topological polar surface area (TPSA) is 38.9 Å². The minimum Gasteiger partial charge on any atom is -0.320 e. The lowest BCUT2D eigenvalue weighted by Gasteiger charge is -2.14. The minimum atomic E-state index is -0.0916. The zero-order valence-electron chi connectivity index (χ0n) is 11.6. The molecule has 2 aromatic carbocycles. The van der Waals surface area contributed by atoms with Gasteiger partial charge in [-0.3, -0.25) is 4.98 Å². The van der Waals surface area contributed by atoms with E-state index in [9.17, 15) is 0 Å². The Balaban J connectivity index is 2.00. The standard InChI is InChI=1S/C18H18N2/c1-2-13-5-3-6-15(11-13)18(19)16-8-9-17-14(12-16)7-4-10-20-17/h3-12,18H,2,19H2,1H3. The van der Waals surface area contributed by atoms with Crippen LogP contribution in [0.5, 0.6) is 0 Å². The van der Waals surface area contributed by atoms with Gasteiger partial charge in [-0.2, -0.15) is 0 Å². The van der Waals surface area contributed by atoms with Crippen LogP contribution in [0, 0.1) is 0 Å². The Labute approximate surface area is 119 Å². The predicted molar refractivity (Wildman–Crippen MR) is 83.6 cm³/mol. The van der Waals surface area contributed by atoms with Gasteiger partial charge in [0.25, 0.3) is 0 Å². The predicted octanol–water partition coefficient (Wildman–Crippen LogP) is 3.85. The van der Waals surface area contributed by atoms with Crippen LogP contribution in [-0.4, -0.2) is 4.98 Å². The third-order valence-corrected chi connectivity index (χ3v) is 3.70. The molecule has 3 rings (SSSR count). The summed E-state index contributed by atoms with van der Waals surface area (Å²) in [7, 11) is 0. The average Bonchev–Trinajstić information content (AvgIpc) is 2.53. The van der Waals surface area contributed by atoms with Crippen LogP contribution < -0.4 is 5.73 Å². The molecule has 0 spiro atoms. The number of pyridine rings is 1. The van der Waals surface area contributed by atoms with Gasteiger partial charge in [-0.15, -0.1) is 0 Å². The number of hydrogen-bond acceptors (Lipinski definition) is 2. The van der Waals surface area contributed by atoms with Gasteiger partial charge in [0.15, 0.2) is 0 Å². The summed E-state index contributed by atoms with van der Waals surface area (Å²) >= 11 is 0. The van der Waals surface area contributed by atoms with E-state index in [4.69, 9.17) is 5.73 Å². The zero-order valence-corrected chi connectivity index (χ0v) is 11.6. The second kappa shape index (κ2) is 5.43. The molecule has 0 bridgehead atoms. The molecule has 0 aliphatic carbocycles. The highest BCUT2D eigenvalue weighted by atomic mass is 14.7. The van der Waals surface area contributed by atoms with Crippen LogP contribution in [-0.2, 0) is 6.42 Å². The molecule has 0 radical (unpaired) electrons. The summed E-state index contributed by atoms with van der Waals surface area (Å²) < 4.78 is 0. The molecule has 2 heteroatoms. The van der Waals surface area contributed by atoms with Crippen molar-refractivity contribution in [3.05, 3.63) is 77.5 Å². The van der Waals surface area contributed by atoms with E-state index in [1.165, 1.54) is 5.56 Å². The molecule has 0 aliphatic heterocycles. The fourth-order valence-corrected chi connectivity index (χ4v) is 2.49. The van der Waals surface area contributed by atoms with Gasteiger partial charge in [0.2, 0.25) is 0 Å². The normalized spacial score (nSPS) is 12.5. The fraction of sp³-hybridized carbons (Fsp3) is 0.167. The maximum absolute atomic E-state index is 6.41. The number of nitrogens with zero attached hydrogens (tertiary/aromatic N) is 1. The Kier molecular flexibility index (Phi) is 3.48. The average molecular weight is 262 g/mol. The Bertz CT molecular complexity index is 734. The van der Waals surface area contributed by atoms with Crippen molar-refractivity contribution in [2.75, 3.05) is 0 Å². The van der Waals surface area contributed by atoms with Crippen LogP contribution in [0.4, 0.5) is 0 Å². The largest absolute Gasteiger partial charge is 0.320 e. The minimum absolute atomic E-state index is 0.0916. The van der Waals surface area contributed by atoms with Gasteiger partial charge in [0.1, 0.15) is 0 Å². The van der Waals surface area contributed by atoms with Crippen LogP contribution in [0.2, 0.25) is 0 Å². The molecule has 1 aromatic heterocycles. The molecule has 1 heterocycles. The van der Waals surface area contributed by atoms with E-state index < -0.39 is 0 Å². The second-order valence-corrected chi connectivity index (χ2v) is 5.03. The first-order valence-electron chi connectivity index (χ1n) is 6.97. The number of aryl methyl sites for hydroxylation is 1. The third kappa shape index (κ3) is 2.43. The van der Waals surface area contributed by atoms with E-state index in [1.807, 2.05) is 18.3 Å². The van der Waals surface area contributed by atoms with E-state index in [1.54, 1.807) is 0 Å². The Hall–Kier alpha value is -2.19. The first-order chi connectivity index (χ1) is 9.78. The molecule has 1 atom stereocenters. The first-order valence-corrected chi connectivity index (χ1v) is 6.97. The number of benzene rings is 2. The van der Waals surface area contributed by atoms with Crippen LogP contribution in [0.3, 0.4) is 0 Å². The highest BCUT2D eigenvalue weighted by molar-refractivity contribution is 5.79. The molecule has 20 heavy (non-hydrogen) atoms. The summed E-state index contributed by atoms with van der Waals surface area (Å²) in [6, 6.07) is 18.7. The number of aromatic nitrogens is 1. The smallest absolute Gasteiger partial charge is 0.0702 e. The van der Waals surface area contributed by atoms with Crippen molar-refractivity contribution in [1.29, 1.82) is 0 Å². The van der Waals surface area contributed by atoms with Gasteiger partial charge in [-0.25, -0.2) is 0 Å². The number of nitrogens with two attached hydrogens (primary N) is 1. The highest BCUT2D eigenvalue weighted by Gasteiger charge is 2.10. The fourth-order valence-electron chi connectivity index (χ4n) is 2.49. The van der Waals surface area contributed by atoms with Crippen molar-refractivity contribution >= 4 is 10.9 Å². The SMILES string of the molecule is CCc1cccc(C(N)c2ccc3ncccc3c2)c1. The molecule has 0 amide bonds. The van der Waals surface area contributed by atoms with Gasteiger partial charge in [0.05, 0.1) is 11.6 Å². The Morgan fingerprint density at radius 1 is 1.00 bits per heavy atom. The Morgan fingerprint density at radius 3 is 2.70 bits per heavy atom. The molecule has 0 saturated carbocycles. The van der Waals surface area contributed by atoms with Crippen molar-refractivity contribution in [1.82, 2.24) is 4.98 Å². The van der Waals surface area contributed by atoms with E-state index in [2.05, 4.69) is 54.4 Å². The summed E-state index contributed by atoms with van der Waals surface area (Å²) in [6.07, 6.45) is 2.84. The maximum Gasteiger partial charge on any atom is 0.0702 e. The van der Waals surface area contributed by atoms with Crippen LogP contribution in [0.15, 0.2) is 60.8 Å². The lowest BCUT2D eigenvalue weighted by atomic mass is 9.96. The molecule has 0 saturated heterocycles. The van der Waals surface area contributed by atoms with E-state index in [0.29, 0.717) is 0 Å². The van der Waals surface area contributed by atoms with Crippen molar-refractivity contribution < 1.29 is 0 Å². The van der Waals surface area contributed by atoms with Crippen LogP contribution in [0.25, 0.3) is 10.9 Å². The summed E-state index contributed by atoms with van der Waals surface area (Å²) in [5, 5.41) is 1.13. The first kappa shape index (κ1) is 12.8. The van der Waals surface area contributed by atoms with Gasteiger partial charge in [-0.1, -0.05) is 43.3 Å².